The van der Waals surface area contributed by atoms with Crippen LogP contribution in [0, 0.1) is 0 Å². The number of aromatic nitrogens is 3. The van der Waals surface area contributed by atoms with E-state index in [0.29, 0.717) is 16.3 Å². The monoisotopic (exact) mass is 285 g/mol. The minimum absolute atomic E-state index is 0.101. The fourth-order valence-electron chi connectivity index (χ4n) is 2.06. The van der Waals surface area contributed by atoms with Gasteiger partial charge in [0.25, 0.3) is 0 Å². The van der Waals surface area contributed by atoms with Gasteiger partial charge < -0.3 is 5.11 Å². The summed E-state index contributed by atoms with van der Waals surface area (Å²) < 4.78 is 1.59. The molecule has 1 N–H and O–H groups in total. The average Bonchev–Trinajstić information content (AvgIpc) is 2.97. The molecule has 0 aliphatic rings. The van der Waals surface area contributed by atoms with E-state index in [1.165, 1.54) is 0 Å². The van der Waals surface area contributed by atoms with Crippen molar-refractivity contribution in [3.63, 3.8) is 0 Å². The van der Waals surface area contributed by atoms with Crippen molar-refractivity contribution in [3.05, 3.63) is 65.3 Å². The van der Waals surface area contributed by atoms with E-state index in [4.69, 9.17) is 11.6 Å². The first-order valence-electron chi connectivity index (χ1n) is 6.16. The van der Waals surface area contributed by atoms with Gasteiger partial charge in [0.1, 0.15) is 5.69 Å². The van der Waals surface area contributed by atoms with Gasteiger partial charge in [-0.1, -0.05) is 59.3 Å². The van der Waals surface area contributed by atoms with Crippen LogP contribution in [0.2, 0.25) is 5.02 Å². The highest BCUT2D eigenvalue weighted by Gasteiger charge is 2.11. The summed E-state index contributed by atoms with van der Waals surface area (Å²) in [6.07, 6.45) is 1.80. The highest BCUT2D eigenvalue weighted by atomic mass is 35.5. The zero-order valence-corrected chi connectivity index (χ0v) is 11.3. The van der Waals surface area contributed by atoms with E-state index in [2.05, 4.69) is 10.3 Å². The second kappa shape index (κ2) is 5.45. The third-order valence-electron chi connectivity index (χ3n) is 3.03. The molecule has 5 heteroatoms. The van der Waals surface area contributed by atoms with E-state index >= 15 is 0 Å². The summed E-state index contributed by atoms with van der Waals surface area (Å²) in [6, 6.07) is 15.1. The topological polar surface area (TPSA) is 50.9 Å². The van der Waals surface area contributed by atoms with Gasteiger partial charge in [-0.15, -0.1) is 5.10 Å². The molecule has 0 fully saturated rings. The number of nitrogens with zero attached hydrogens (tertiary/aromatic N) is 3. The molecule has 0 saturated heterocycles. The van der Waals surface area contributed by atoms with E-state index in [0.717, 1.165) is 11.3 Å². The first-order chi connectivity index (χ1) is 9.79. The van der Waals surface area contributed by atoms with Crippen molar-refractivity contribution in [1.29, 1.82) is 0 Å². The summed E-state index contributed by atoms with van der Waals surface area (Å²) in [5.74, 6) is 0. The third-order valence-corrected chi connectivity index (χ3v) is 3.34. The Labute approximate surface area is 121 Å². The van der Waals surface area contributed by atoms with Gasteiger partial charge in [0.15, 0.2) is 0 Å². The van der Waals surface area contributed by atoms with Crippen LogP contribution in [0.3, 0.4) is 0 Å². The van der Waals surface area contributed by atoms with Crippen molar-refractivity contribution in [2.24, 2.45) is 0 Å². The zero-order chi connectivity index (χ0) is 13.9. The maximum absolute atomic E-state index is 9.41. The summed E-state index contributed by atoms with van der Waals surface area (Å²) in [7, 11) is 0. The highest BCUT2D eigenvalue weighted by molar-refractivity contribution is 6.32. The van der Waals surface area contributed by atoms with Crippen LogP contribution >= 0.6 is 11.6 Å². The van der Waals surface area contributed by atoms with Crippen molar-refractivity contribution in [1.82, 2.24) is 15.0 Å². The first kappa shape index (κ1) is 12.8. The Balaban J connectivity index is 2.07. The maximum Gasteiger partial charge on any atom is 0.113 e. The van der Waals surface area contributed by atoms with Crippen molar-refractivity contribution >= 4 is 11.6 Å². The van der Waals surface area contributed by atoms with E-state index in [-0.39, 0.29) is 6.61 Å². The molecule has 0 amide bonds. The molecule has 0 radical (unpaired) electrons. The van der Waals surface area contributed by atoms with Gasteiger partial charge in [0.2, 0.25) is 0 Å². The van der Waals surface area contributed by atoms with Gasteiger partial charge in [-0.05, 0) is 6.07 Å². The predicted octanol–water partition coefficient (Wildman–Crippen LogP) is 3.08. The molecule has 2 aromatic carbocycles. The van der Waals surface area contributed by atoms with Crippen LogP contribution in [-0.4, -0.2) is 20.1 Å². The minimum atomic E-state index is -0.101. The molecule has 3 aromatic rings. The van der Waals surface area contributed by atoms with Crippen LogP contribution in [0.1, 0.15) is 5.56 Å². The van der Waals surface area contributed by atoms with Crippen LogP contribution < -0.4 is 0 Å². The van der Waals surface area contributed by atoms with Crippen molar-refractivity contribution in [3.8, 4) is 16.9 Å². The number of aliphatic hydroxyl groups is 1. The van der Waals surface area contributed by atoms with Gasteiger partial charge in [0.05, 0.1) is 23.5 Å². The lowest BCUT2D eigenvalue weighted by molar-refractivity contribution is 0.281. The number of hydrogen-bond donors (Lipinski definition) is 1. The minimum Gasteiger partial charge on any atom is -0.392 e. The normalized spacial score (nSPS) is 10.7. The Morgan fingerprint density at radius 2 is 1.85 bits per heavy atom. The van der Waals surface area contributed by atoms with Crippen LogP contribution in [-0.2, 0) is 6.61 Å². The quantitative estimate of drug-likeness (QED) is 0.804. The molecule has 0 unspecified atom stereocenters. The number of benzene rings is 2. The molecule has 1 heterocycles. The molecule has 1 aromatic heterocycles. The predicted molar refractivity (Wildman–Crippen MR) is 77.7 cm³/mol. The SMILES string of the molecule is OCc1cccc(Cl)c1-n1cc(-c2ccccc2)nn1. The number of para-hydroxylation sites is 1. The molecule has 0 atom stereocenters. The molecule has 0 aliphatic heterocycles. The largest absolute Gasteiger partial charge is 0.392 e. The third kappa shape index (κ3) is 2.31. The molecule has 0 spiro atoms. The molecule has 4 nitrogen and oxygen atoms in total. The zero-order valence-electron chi connectivity index (χ0n) is 10.6. The molecule has 20 heavy (non-hydrogen) atoms. The summed E-state index contributed by atoms with van der Waals surface area (Å²) in [4.78, 5) is 0. The van der Waals surface area contributed by atoms with E-state index in [9.17, 15) is 5.11 Å². The van der Waals surface area contributed by atoms with Gasteiger partial charge in [-0.3, -0.25) is 0 Å². The Morgan fingerprint density at radius 1 is 1.05 bits per heavy atom. The van der Waals surface area contributed by atoms with Crippen molar-refractivity contribution in [2.45, 2.75) is 6.61 Å². The molecular formula is C15H12ClN3O. The van der Waals surface area contributed by atoms with Gasteiger partial charge >= 0.3 is 0 Å². The number of hydrogen-bond acceptors (Lipinski definition) is 3. The molecule has 100 valence electrons. The summed E-state index contributed by atoms with van der Waals surface area (Å²) in [6.45, 7) is -0.101. The van der Waals surface area contributed by atoms with Crippen LogP contribution in [0.15, 0.2) is 54.7 Å². The molecule has 3 rings (SSSR count). The Bertz CT molecular complexity index is 725. The lowest BCUT2D eigenvalue weighted by atomic mass is 10.1. The Hall–Kier alpha value is -2.17. The fourth-order valence-corrected chi connectivity index (χ4v) is 2.34. The van der Waals surface area contributed by atoms with Gasteiger partial charge in [-0.2, -0.15) is 0 Å². The Morgan fingerprint density at radius 3 is 2.60 bits per heavy atom. The lowest BCUT2D eigenvalue weighted by Crippen LogP contribution is -2.01. The van der Waals surface area contributed by atoms with Crippen LogP contribution in [0.25, 0.3) is 16.9 Å². The standard InChI is InChI=1S/C15H12ClN3O/c16-13-8-4-7-12(10-20)15(13)19-9-14(17-18-19)11-5-2-1-3-6-11/h1-9,20H,10H2. The summed E-state index contributed by atoms with van der Waals surface area (Å²) >= 11 is 6.20. The van der Waals surface area contributed by atoms with Gasteiger partial charge in [-0.25, -0.2) is 4.68 Å². The van der Waals surface area contributed by atoms with Crippen LogP contribution in [0.4, 0.5) is 0 Å². The molecular weight excluding hydrogens is 274 g/mol. The number of halogens is 1. The van der Waals surface area contributed by atoms with Crippen molar-refractivity contribution in [2.75, 3.05) is 0 Å². The van der Waals surface area contributed by atoms with E-state index in [1.54, 1.807) is 23.0 Å². The number of aliphatic hydroxyl groups excluding tert-OH is 1. The lowest BCUT2D eigenvalue weighted by Gasteiger charge is -2.08. The molecule has 0 bridgehead atoms. The maximum atomic E-state index is 9.41. The van der Waals surface area contributed by atoms with Gasteiger partial charge in [0, 0.05) is 11.1 Å². The van der Waals surface area contributed by atoms with E-state index in [1.807, 2.05) is 36.4 Å². The smallest absolute Gasteiger partial charge is 0.113 e. The fraction of sp³-hybridized carbons (Fsp3) is 0.0667. The number of rotatable bonds is 3. The first-order valence-corrected chi connectivity index (χ1v) is 6.54. The summed E-state index contributed by atoms with van der Waals surface area (Å²) in [5.41, 5.74) is 3.11. The Kier molecular flexibility index (Phi) is 3.50. The second-order valence-corrected chi connectivity index (χ2v) is 4.73. The molecule has 0 aliphatic carbocycles. The van der Waals surface area contributed by atoms with Crippen molar-refractivity contribution < 1.29 is 5.11 Å². The van der Waals surface area contributed by atoms with E-state index < -0.39 is 0 Å². The second-order valence-electron chi connectivity index (χ2n) is 4.32. The average molecular weight is 286 g/mol. The highest BCUT2D eigenvalue weighted by Crippen LogP contribution is 2.25. The van der Waals surface area contributed by atoms with Crippen LogP contribution in [0.5, 0.6) is 0 Å². The summed E-state index contributed by atoms with van der Waals surface area (Å²) in [5, 5.41) is 18.2. The molecule has 0 saturated carbocycles.